The van der Waals surface area contributed by atoms with Gasteiger partial charge in [0.25, 0.3) is 0 Å². The number of ether oxygens (including phenoxy) is 3. The van der Waals surface area contributed by atoms with E-state index in [1.165, 1.54) is 0 Å². The van der Waals surface area contributed by atoms with Gasteiger partial charge in [0.05, 0.1) is 23.6 Å². The molecule has 1 aliphatic heterocycles. The van der Waals surface area contributed by atoms with Crippen molar-refractivity contribution >= 4 is 15.9 Å². The van der Waals surface area contributed by atoms with Gasteiger partial charge in [-0.25, -0.2) is 0 Å². The summed E-state index contributed by atoms with van der Waals surface area (Å²) in [6.07, 6.45) is 0. The highest BCUT2D eigenvalue weighted by atomic mass is 79.9. The highest BCUT2D eigenvalue weighted by Gasteiger charge is 2.35. The molecule has 0 spiro atoms. The number of halogens is 1. The fourth-order valence-corrected chi connectivity index (χ4v) is 3.61. The summed E-state index contributed by atoms with van der Waals surface area (Å²) in [4.78, 5) is 0. The number of benzene rings is 1. The van der Waals surface area contributed by atoms with E-state index in [2.05, 4.69) is 32.2 Å². The number of aromatic nitrogens is 2. The normalized spacial score (nSPS) is 15.9. The second-order valence-corrected chi connectivity index (χ2v) is 6.54. The van der Waals surface area contributed by atoms with Gasteiger partial charge in [-0.1, -0.05) is 0 Å². The number of nitriles is 1. The molecule has 0 saturated carbocycles. The van der Waals surface area contributed by atoms with Crippen LogP contribution in [-0.4, -0.2) is 23.4 Å². The molecule has 136 valence electrons. The van der Waals surface area contributed by atoms with Crippen LogP contribution < -0.4 is 19.9 Å². The Morgan fingerprint density at radius 3 is 2.73 bits per heavy atom. The summed E-state index contributed by atoms with van der Waals surface area (Å²) in [7, 11) is 0. The van der Waals surface area contributed by atoms with E-state index in [9.17, 15) is 5.26 Å². The first kappa shape index (κ1) is 18.1. The number of rotatable bonds is 5. The molecule has 0 radical (unpaired) electrons. The van der Waals surface area contributed by atoms with Gasteiger partial charge in [0.2, 0.25) is 11.8 Å². The summed E-state index contributed by atoms with van der Waals surface area (Å²) in [5.41, 5.74) is 8.73. The van der Waals surface area contributed by atoms with Gasteiger partial charge in [-0.15, -0.1) is 5.10 Å². The Hall–Kier alpha value is -2.66. The number of allylic oxidation sites excluding steroid dienone is 1. The fourth-order valence-electron chi connectivity index (χ4n) is 3.03. The zero-order chi connectivity index (χ0) is 18.8. The Balaban J connectivity index is 2.21. The summed E-state index contributed by atoms with van der Waals surface area (Å²) >= 11 is 3.55. The van der Waals surface area contributed by atoms with E-state index < -0.39 is 5.92 Å². The van der Waals surface area contributed by atoms with Crippen LogP contribution in [0, 0.1) is 18.3 Å². The summed E-state index contributed by atoms with van der Waals surface area (Å²) in [5.74, 6) is 1.26. The number of fused-ring (bicyclic) bond motifs is 1. The van der Waals surface area contributed by atoms with Gasteiger partial charge in [0, 0.05) is 11.3 Å². The first-order chi connectivity index (χ1) is 12.5. The van der Waals surface area contributed by atoms with Crippen LogP contribution in [0.4, 0.5) is 0 Å². The lowest BCUT2D eigenvalue weighted by molar-refractivity contribution is 0.286. The molecule has 0 unspecified atom stereocenters. The minimum absolute atomic E-state index is 0.0551. The van der Waals surface area contributed by atoms with Crippen LogP contribution in [0.5, 0.6) is 17.4 Å². The lowest BCUT2D eigenvalue weighted by atomic mass is 9.84. The Morgan fingerprint density at radius 1 is 1.35 bits per heavy atom. The molecular weight excluding hydrogens is 400 g/mol. The summed E-state index contributed by atoms with van der Waals surface area (Å²) in [6.45, 7) is 6.69. The number of nitrogens with two attached hydrogens (primary N) is 1. The van der Waals surface area contributed by atoms with Crippen LogP contribution in [0.1, 0.15) is 36.6 Å². The van der Waals surface area contributed by atoms with Crippen molar-refractivity contribution < 1.29 is 14.2 Å². The maximum atomic E-state index is 9.66. The maximum absolute atomic E-state index is 9.66. The van der Waals surface area contributed by atoms with Crippen molar-refractivity contribution in [2.45, 2.75) is 26.7 Å². The molecule has 1 aliphatic rings. The lowest BCUT2D eigenvalue weighted by Gasteiger charge is -2.25. The van der Waals surface area contributed by atoms with Crippen LogP contribution >= 0.6 is 15.9 Å². The van der Waals surface area contributed by atoms with Gasteiger partial charge in [-0.05, 0) is 54.4 Å². The summed E-state index contributed by atoms with van der Waals surface area (Å²) in [5, 5.41) is 16.7. The number of aryl methyl sites for hydroxylation is 1. The maximum Gasteiger partial charge on any atom is 0.244 e. The summed E-state index contributed by atoms with van der Waals surface area (Å²) < 4.78 is 17.7. The Kier molecular flexibility index (Phi) is 5.09. The average molecular weight is 419 g/mol. The minimum Gasteiger partial charge on any atom is -0.490 e. The van der Waals surface area contributed by atoms with E-state index in [-0.39, 0.29) is 5.88 Å². The molecule has 2 aromatic rings. The van der Waals surface area contributed by atoms with Gasteiger partial charge < -0.3 is 19.9 Å². The Labute approximate surface area is 159 Å². The highest BCUT2D eigenvalue weighted by Crippen LogP contribution is 2.46. The predicted octanol–water partition coefficient (Wildman–Crippen LogP) is 3.50. The van der Waals surface area contributed by atoms with E-state index in [0.29, 0.717) is 36.2 Å². The number of hydrogen-bond donors (Lipinski definition) is 2. The highest BCUT2D eigenvalue weighted by molar-refractivity contribution is 9.10. The smallest absolute Gasteiger partial charge is 0.244 e. The van der Waals surface area contributed by atoms with Crippen LogP contribution in [0.3, 0.4) is 0 Å². The van der Waals surface area contributed by atoms with Crippen molar-refractivity contribution in [1.82, 2.24) is 10.2 Å². The van der Waals surface area contributed by atoms with E-state index >= 15 is 0 Å². The zero-order valence-electron chi connectivity index (χ0n) is 14.7. The van der Waals surface area contributed by atoms with Gasteiger partial charge in [-0.2, -0.15) is 5.26 Å². The largest absolute Gasteiger partial charge is 0.490 e. The predicted molar refractivity (Wildman–Crippen MR) is 99.1 cm³/mol. The van der Waals surface area contributed by atoms with Crippen molar-refractivity contribution in [2.24, 2.45) is 5.73 Å². The second kappa shape index (κ2) is 7.30. The molecule has 1 aromatic heterocycles. The SMILES string of the molecule is CCOc1cc([C@H]2C(C#N)=C(N)Oc3n[nH]c(C)c32)cc(Br)c1OCC. The van der Waals surface area contributed by atoms with Gasteiger partial charge in [0.1, 0.15) is 11.6 Å². The molecular formula is C18H19BrN4O3. The Morgan fingerprint density at radius 2 is 2.08 bits per heavy atom. The summed E-state index contributed by atoms with van der Waals surface area (Å²) in [6, 6.07) is 5.95. The fraction of sp³-hybridized carbons (Fsp3) is 0.333. The van der Waals surface area contributed by atoms with Crippen LogP contribution in [0.25, 0.3) is 0 Å². The molecule has 0 saturated heterocycles. The van der Waals surface area contributed by atoms with E-state index in [1.807, 2.05) is 32.9 Å². The standard InChI is InChI=1S/C18H19BrN4O3/c1-4-24-13-7-10(6-12(19)16(13)25-5-2)15-11(8-20)17(21)26-18-14(15)9(3)22-23-18/h6-7,15H,4-5,21H2,1-3H3,(H,22,23)/t15-/m0/s1. The molecule has 3 N–H and O–H groups in total. The number of nitrogens with zero attached hydrogens (tertiary/aromatic N) is 2. The van der Waals surface area contributed by atoms with Gasteiger partial charge >= 0.3 is 0 Å². The molecule has 0 amide bonds. The first-order valence-electron chi connectivity index (χ1n) is 8.23. The molecule has 0 aliphatic carbocycles. The molecule has 3 rings (SSSR count). The van der Waals surface area contributed by atoms with E-state index in [0.717, 1.165) is 21.3 Å². The molecule has 0 bridgehead atoms. The quantitative estimate of drug-likeness (QED) is 0.769. The van der Waals surface area contributed by atoms with Crippen molar-refractivity contribution in [2.75, 3.05) is 13.2 Å². The molecule has 1 aromatic carbocycles. The van der Waals surface area contributed by atoms with Crippen molar-refractivity contribution in [3.05, 3.63) is 44.9 Å². The molecule has 1 atom stereocenters. The van der Waals surface area contributed by atoms with Crippen molar-refractivity contribution in [1.29, 1.82) is 5.26 Å². The second-order valence-electron chi connectivity index (χ2n) is 5.69. The third-order valence-electron chi connectivity index (χ3n) is 4.08. The van der Waals surface area contributed by atoms with E-state index in [4.69, 9.17) is 19.9 Å². The third kappa shape index (κ3) is 2.99. The average Bonchev–Trinajstić information content (AvgIpc) is 2.97. The van der Waals surface area contributed by atoms with Crippen LogP contribution in [0.15, 0.2) is 28.1 Å². The van der Waals surface area contributed by atoms with Crippen LogP contribution in [0.2, 0.25) is 0 Å². The molecule has 0 fully saturated rings. The van der Waals surface area contributed by atoms with E-state index in [1.54, 1.807) is 0 Å². The molecule has 7 nitrogen and oxygen atoms in total. The number of nitrogens with one attached hydrogen (secondary N) is 1. The number of hydrogen-bond acceptors (Lipinski definition) is 6. The lowest BCUT2D eigenvalue weighted by Crippen LogP contribution is -2.21. The molecule has 8 heteroatoms. The first-order valence-corrected chi connectivity index (χ1v) is 9.02. The minimum atomic E-state index is -0.409. The Bertz CT molecular complexity index is 914. The zero-order valence-corrected chi connectivity index (χ0v) is 16.3. The monoisotopic (exact) mass is 418 g/mol. The molecule has 26 heavy (non-hydrogen) atoms. The number of H-pyrrole nitrogens is 1. The van der Waals surface area contributed by atoms with Crippen molar-refractivity contribution in [3.8, 4) is 23.4 Å². The topological polar surface area (TPSA) is 106 Å². The third-order valence-corrected chi connectivity index (χ3v) is 4.67. The van der Waals surface area contributed by atoms with Crippen molar-refractivity contribution in [3.63, 3.8) is 0 Å². The number of aromatic amines is 1. The van der Waals surface area contributed by atoms with Gasteiger partial charge in [0.15, 0.2) is 11.5 Å². The van der Waals surface area contributed by atoms with Crippen LogP contribution in [-0.2, 0) is 0 Å². The van der Waals surface area contributed by atoms with Gasteiger partial charge in [-0.3, -0.25) is 5.10 Å². The molecule has 2 heterocycles.